The second-order valence-corrected chi connectivity index (χ2v) is 7.79. The van der Waals surface area contributed by atoms with Crippen LogP contribution in [0.25, 0.3) is 11.0 Å². The molecule has 0 aliphatic heterocycles. The van der Waals surface area contributed by atoms with Crippen LogP contribution < -0.4 is 9.46 Å². The van der Waals surface area contributed by atoms with Crippen molar-refractivity contribution in [3.05, 3.63) is 59.9 Å². The molecule has 5 nitrogen and oxygen atoms in total. The summed E-state index contributed by atoms with van der Waals surface area (Å²) in [5, 5.41) is 1.01. The zero-order valence-electron chi connectivity index (χ0n) is 14.4. The van der Waals surface area contributed by atoms with Crippen molar-refractivity contribution in [1.82, 2.24) is 4.72 Å². The molecule has 0 spiro atoms. The van der Waals surface area contributed by atoms with E-state index in [9.17, 15) is 8.42 Å². The van der Waals surface area contributed by atoms with Gasteiger partial charge in [-0.3, -0.25) is 0 Å². The summed E-state index contributed by atoms with van der Waals surface area (Å²) in [5.74, 6) is 1.38. The van der Waals surface area contributed by atoms with E-state index in [1.54, 1.807) is 32.2 Å². The number of furan rings is 1. The molecule has 3 rings (SSSR count). The van der Waals surface area contributed by atoms with Gasteiger partial charge in [-0.15, -0.1) is 0 Å². The molecular weight excluding hydrogens is 338 g/mol. The predicted octanol–water partition coefficient (Wildman–Crippen LogP) is 3.66. The van der Waals surface area contributed by atoms with Gasteiger partial charge in [-0.25, -0.2) is 13.1 Å². The Balaban J connectivity index is 1.75. The summed E-state index contributed by atoms with van der Waals surface area (Å²) in [6.07, 6.45) is 0.475. The Morgan fingerprint density at radius 2 is 1.92 bits per heavy atom. The van der Waals surface area contributed by atoms with Gasteiger partial charge in [-0.05, 0) is 49.7 Å². The molecule has 0 saturated heterocycles. The van der Waals surface area contributed by atoms with E-state index < -0.39 is 10.0 Å². The van der Waals surface area contributed by atoms with E-state index in [1.807, 2.05) is 37.3 Å². The SMILES string of the molecule is COc1ccc(S(=O)(=O)NC(C)Cc2cc3ccccc3o2)c(C)c1. The van der Waals surface area contributed by atoms with Crippen LogP contribution in [-0.2, 0) is 16.4 Å². The molecule has 25 heavy (non-hydrogen) atoms. The molecule has 1 unspecified atom stereocenters. The number of benzene rings is 2. The lowest BCUT2D eigenvalue weighted by Crippen LogP contribution is -2.34. The molecule has 0 saturated carbocycles. The molecule has 1 N–H and O–H groups in total. The molecular formula is C19H21NO4S. The van der Waals surface area contributed by atoms with Gasteiger partial charge in [0.25, 0.3) is 0 Å². The van der Waals surface area contributed by atoms with Crippen molar-refractivity contribution in [3.63, 3.8) is 0 Å². The van der Waals surface area contributed by atoms with E-state index in [2.05, 4.69) is 4.72 Å². The lowest BCUT2D eigenvalue weighted by Gasteiger charge is -2.15. The fourth-order valence-corrected chi connectivity index (χ4v) is 4.33. The average Bonchev–Trinajstić information content (AvgIpc) is 2.95. The number of aryl methyl sites for hydroxylation is 1. The average molecular weight is 359 g/mol. The van der Waals surface area contributed by atoms with Gasteiger partial charge in [0.15, 0.2) is 0 Å². The van der Waals surface area contributed by atoms with Gasteiger partial charge in [0, 0.05) is 17.8 Å². The van der Waals surface area contributed by atoms with Crippen LogP contribution in [-0.4, -0.2) is 21.6 Å². The zero-order chi connectivity index (χ0) is 18.0. The van der Waals surface area contributed by atoms with Gasteiger partial charge < -0.3 is 9.15 Å². The molecule has 0 fully saturated rings. The third kappa shape index (κ3) is 3.86. The van der Waals surface area contributed by atoms with Crippen molar-refractivity contribution in [1.29, 1.82) is 0 Å². The maximum Gasteiger partial charge on any atom is 0.241 e. The molecule has 0 amide bonds. The molecule has 0 radical (unpaired) electrons. The third-order valence-electron chi connectivity index (χ3n) is 4.01. The molecule has 6 heteroatoms. The number of fused-ring (bicyclic) bond motifs is 1. The minimum absolute atomic E-state index is 0.254. The predicted molar refractivity (Wildman–Crippen MR) is 97.4 cm³/mol. The maximum atomic E-state index is 12.6. The second kappa shape index (κ2) is 6.90. The number of para-hydroxylation sites is 1. The second-order valence-electron chi connectivity index (χ2n) is 6.11. The number of ether oxygens (including phenoxy) is 1. The van der Waals surface area contributed by atoms with Crippen molar-refractivity contribution in [3.8, 4) is 5.75 Å². The normalized spacial score (nSPS) is 13.1. The quantitative estimate of drug-likeness (QED) is 0.729. The van der Waals surface area contributed by atoms with Gasteiger partial charge >= 0.3 is 0 Å². The molecule has 0 aliphatic rings. The number of methoxy groups -OCH3 is 1. The van der Waals surface area contributed by atoms with E-state index in [4.69, 9.17) is 9.15 Å². The minimum atomic E-state index is -3.61. The summed E-state index contributed by atoms with van der Waals surface area (Å²) in [4.78, 5) is 0.254. The Hall–Kier alpha value is -2.31. The van der Waals surface area contributed by atoms with E-state index in [-0.39, 0.29) is 10.9 Å². The first kappa shape index (κ1) is 17.5. The molecule has 2 aromatic carbocycles. The molecule has 3 aromatic rings. The smallest absolute Gasteiger partial charge is 0.241 e. The van der Waals surface area contributed by atoms with Crippen LogP contribution in [0.1, 0.15) is 18.2 Å². The number of nitrogens with one attached hydrogen (secondary N) is 1. The van der Waals surface area contributed by atoms with Gasteiger partial charge in [-0.2, -0.15) is 0 Å². The summed E-state index contributed by atoms with van der Waals surface area (Å²) < 4.78 is 38.9. The topological polar surface area (TPSA) is 68.5 Å². The van der Waals surface area contributed by atoms with Crippen molar-refractivity contribution >= 4 is 21.0 Å². The fraction of sp³-hybridized carbons (Fsp3) is 0.263. The van der Waals surface area contributed by atoms with E-state index in [0.29, 0.717) is 17.7 Å². The van der Waals surface area contributed by atoms with Crippen LogP contribution in [0.4, 0.5) is 0 Å². The van der Waals surface area contributed by atoms with Gasteiger partial charge in [0.1, 0.15) is 17.1 Å². The van der Waals surface area contributed by atoms with Crippen LogP contribution in [0, 0.1) is 6.92 Å². The molecule has 1 atom stereocenters. The van der Waals surface area contributed by atoms with Crippen molar-refractivity contribution in [2.75, 3.05) is 7.11 Å². The fourth-order valence-electron chi connectivity index (χ4n) is 2.86. The van der Waals surface area contributed by atoms with Gasteiger partial charge in [-0.1, -0.05) is 18.2 Å². The Morgan fingerprint density at radius 1 is 1.16 bits per heavy atom. The van der Waals surface area contributed by atoms with Crippen LogP contribution in [0.5, 0.6) is 5.75 Å². The summed E-state index contributed by atoms with van der Waals surface area (Å²) in [6, 6.07) is 14.3. The van der Waals surface area contributed by atoms with E-state index in [1.165, 1.54) is 0 Å². The Labute approximate surface area is 147 Å². The van der Waals surface area contributed by atoms with E-state index in [0.717, 1.165) is 16.7 Å². The lowest BCUT2D eigenvalue weighted by atomic mass is 10.2. The number of hydrogen-bond acceptors (Lipinski definition) is 4. The monoisotopic (exact) mass is 359 g/mol. The molecule has 1 aromatic heterocycles. The van der Waals surface area contributed by atoms with Crippen LogP contribution in [0.3, 0.4) is 0 Å². The standard InChI is InChI=1S/C19H21NO4S/c1-13-10-16(23-3)8-9-19(13)25(21,22)20-14(2)11-17-12-15-6-4-5-7-18(15)24-17/h4-10,12,14,20H,11H2,1-3H3. The summed E-state index contributed by atoms with van der Waals surface area (Å²) >= 11 is 0. The first-order valence-electron chi connectivity index (χ1n) is 8.03. The Kier molecular flexibility index (Phi) is 4.83. The highest BCUT2D eigenvalue weighted by molar-refractivity contribution is 7.89. The largest absolute Gasteiger partial charge is 0.497 e. The highest BCUT2D eigenvalue weighted by Gasteiger charge is 2.21. The van der Waals surface area contributed by atoms with Crippen LogP contribution in [0.2, 0.25) is 0 Å². The molecule has 0 bridgehead atoms. The van der Waals surface area contributed by atoms with Gasteiger partial charge in [0.05, 0.1) is 12.0 Å². The van der Waals surface area contributed by atoms with Gasteiger partial charge in [0.2, 0.25) is 10.0 Å². The summed E-state index contributed by atoms with van der Waals surface area (Å²) in [7, 11) is -2.06. The van der Waals surface area contributed by atoms with Crippen molar-refractivity contribution in [2.24, 2.45) is 0 Å². The lowest BCUT2D eigenvalue weighted by molar-refractivity contribution is 0.414. The number of rotatable bonds is 6. The summed E-state index contributed by atoms with van der Waals surface area (Å²) in [5.41, 5.74) is 1.45. The molecule has 132 valence electrons. The van der Waals surface area contributed by atoms with Crippen LogP contribution in [0.15, 0.2) is 57.8 Å². The number of sulfonamides is 1. The summed E-state index contributed by atoms with van der Waals surface area (Å²) in [6.45, 7) is 3.57. The maximum absolute atomic E-state index is 12.6. The van der Waals surface area contributed by atoms with Crippen molar-refractivity contribution in [2.45, 2.75) is 31.2 Å². The molecule has 1 heterocycles. The van der Waals surface area contributed by atoms with Crippen LogP contribution >= 0.6 is 0 Å². The zero-order valence-corrected chi connectivity index (χ0v) is 15.3. The first-order valence-corrected chi connectivity index (χ1v) is 9.52. The van der Waals surface area contributed by atoms with Crippen molar-refractivity contribution < 1.29 is 17.6 Å². The number of hydrogen-bond donors (Lipinski definition) is 1. The van der Waals surface area contributed by atoms with E-state index >= 15 is 0 Å². The minimum Gasteiger partial charge on any atom is -0.497 e. The third-order valence-corrected chi connectivity index (χ3v) is 5.76. The first-order chi connectivity index (χ1) is 11.9. The molecule has 0 aliphatic carbocycles. The Morgan fingerprint density at radius 3 is 2.60 bits per heavy atom. The highest BCUT2D eigenvalue weighted by Crippen LogP contribution is 2.22. The Bertz CT molecular complexity index is 959. The highest BCUT2D eigenvalue weighted by atomic mass is 32.2.